The Morgan fingerprint density at radius 3 is 2.58 bits per heavy atom. The van der Waals surface area contributed by atoms with E-state index in [1.54, 1.807) is 0 Å². The van der Waals surface area contributed by atoms with Crippen LogP contribution in [0, 0.1) is 0 Å². The van der Waals surface area contributed by atoms with Gasteiger partial charge in [-0.05, 0) is 38.9 Å². The van der Waals surface area contributed by atoms with Gasteiger partial charge in [0.2, 0.25) is 0 Å². The van der Waals surface area contributed by atoms with Gasteiger partial charge in [-0.25, -0.2) is 0 Å². The molecule has 0 bridgehead atoms. The van der Waals surface area contributed by atoms with Gasteiger partial charge in [0.05, 0.1) is 6.61 Å². The summed E-state index contributed by atoms with van der Waals surface area (Å²) in [5.41, 5.74) is 1.34. The topological polar surface area (TPSA) is 29.5 Å². The van der Waals surface area contributed by atoms with Gasteiger partial charge in [-0.3, -0.25) is 4.79 Å². The normalized spacial score (nSPS) is 10.7. The summed E-state index contributed by atoms with van der Waals surface area (Å²) in [4.78, 5) is 13.5. The molecule has 1 rings (SSSR count). The molecule has 0 saturated heterocycles. The Morgan fingerprint density at radius 2 is 1.89 bits per heavy atom. The van der Waals surface area contributed by atoms with Crippen LogP contribution in [0.3, 0.4) is 0 Å². The van der Waals surface area contributed by atoms with Crippen molar-refractivity contribution in [2.45, 2.75) is 39.2 Å². The summed E-state index contributed by atoms with van der Waals surface area (Å²) in [6.07, 6.45) is 3.69. The highest BCUT2D eigenvalue weighted by atomic mass is 16.5. The molecule has 0 aromatic heterocycles. The minimum atomic E-state index is -0.0693. The maximum atomic E-state index is 11.1. The minimum Gasteiger partial charge on any atom is -0.466 e. The number of rotatable bonds is 9. The molecule has 0 atom stereocenters. The van der Waals surface area contributed by atoms with Gasteiger partial charge in [0, 0.05) is 13.0 Å². The van der Waals surface area contributed by atoms with E-state index in [9.17, 15) is 4.79 Å². The second kappa shape index (κ2) is 9.56. The van der Waals surface area contributed by atoms with Crippen molar-refractivity contribution in [3.63, 3.8) is 0 Å². The van der Waals surface area contributed by atoms with E-state index in [1.165, 1.54) is 5.56 Å². The van der Waals surface area contributed by atoms with Crippen molar-refractivity contribution in [2.24, 2.45) is 0 Å². The van der Waals surface area contributed by atoms with Gasteiger partial charge in [0.25, 0.3) is 0 Å². The van der Waals surface area contributed by atoms with Crippen LogP contribution in [0.2, 0.25) is 0 Å². The number of hydrogen-bond donors (Lipinski definition) is 0. The lowest BCUT2D eigenvalue weighted by atomic mass is 10.1. The first-order valence-corrected chi connectivity index (χ1v) is 7.10. The third-order valence-corrected chi connectivity index (χ3v) is 3.02. The summed E-state index contributed by atoms with van der Waals surface area (Å²) in [6.45, 7) is 4.38. The number of benzene rings is 1. The van der Waals surface area contributed by atoms with Crippen LogP contribution in [-0.4, -0.2) is 31.1 Å². The lowest BCUT2D eigenvalue weighted by Gasteiger charge is -2.16. The van der Waals surface area contributed by atoms with E-state index in [4.69, 9.17) is 4.74 Å². The lowest BCUT2D eigenvalue weighted by molar-refractivity contribution is -0.143. The van der Waals surface area contributed by atoms with Crippen molar-refractivity contribution in [2.75, 3.05) is 20.2 Å². The van der Waals surface area contributed by atoms with E-state index in [0.29, 0.717) is 13.0 Å². The molecular formula is C16H25NO2. The molecule has 1 aromatic rings. The first-order valence-electron chi connectivity index (χ1n) is 7.10. The molecule has 0 aliphatic carbocycles. The van der Waals surface area contributed by atoms with Crippen molar-refractivity contribution in [1.29, 1.82) is 0 Å². The summed E-state index contributed by atoms with van der Waals surface area (Å²) in [7, 11) is 2.14. The average Bonchev–Trinajstić information content (AvgIpc) is 2.40. The smallest absolute Gasteiger partial charge is 0.305 e. The molecule has 3 heteroatoms. The molecule has 0 amide bonds. The van der Waals surface area contributed by atoms with E-state index in [0.717, 1.165) is 32.4 Å². The van der Waals surface area contributed by atoms with Crippen LogP contribution in [-0.2, 0) is 16.1 Å². The first kappa shape index (κ1) is 15.7. The Kier molecular flexibility index (Phi) is 7.91. The van der Waals surface area contributed by atoms with Crippen LogP contribution in [0.1, 0.15) is 38.2 Å². The fourth-order valence-corrected chi connectivity index (χ4v) is 2.04. The average molecular weight is 263 g/mol. The fraction of sp³-hybridized carbons (Fsp3) is 0.562. The number of esters is 1. The number of unbranched alkanes of at least 4 members (excludes halogenated alkanes) is 2. The van der Waals surface area contributed by atoms with Crippen molar-refractivity contribution in [3.05, 3.63) is 35.9 Å². The molecule has 19 heavy (non-hydrogen) atoms. The molecule has 0 unspecified atom stereocenters. The molecule has 1 aromatic carbocycles. The van der Waals surface area contributed by atoms with Crippen LogP contribution in [0.5, 0.6) is 0 Å². The van der Waals surface area contributed by atoms with E-state index in [-0.39, 0.29) is 5.97 Å². The third-order valence-electron chi connectivity index (χ3n) is 3.02. The lowest BCUT2D eigenvalue weighted by Crippen LogP contribution is -2.19. The second-order valence-corrected chi connectivity index (χ2v) is 4.84. The van der Waals surface area contributed by atoms with E-state index >= 15 is 0 Å². The molecule has 3 nitrogen and oxygen atoms in total. The predicted octanol–water partition coefficient (Wildman–Crippen LogP) is 3.24. The maximum Gasteiger partial charge on any atom is 0.305 e. The van der Waals surface area contributed by atoms with Gasteiger partial charge in [-0.2, -0.15) is 0 Å². The summed E-state index contributed by atoms with van der Waals surface area (Å²) in [5, 5.41) is 0. The largest absolute Gasteiger partial charge is 0.466 e. The quantitative estimate of drug-likeness (QED) is 0.506. The standard InChI is InChI=1S/C16H25NO2/c1-3-19-16(18)12-8-5-9-13-17(2)14-15-10-6-4-7-11-15/h4,6-7,10-11H,3,5,8-9,12-14H2,1-2H3. The molecule has 0 N–H and O–H groups in total. The summed E-state index contributed by atoms with van der Waals surface area (Å²) < 4.78 is 4.90. The number of hydrogen-bond acceptors (Lipinski definition) is 3. The Hall–Kier alpha value is -1.35. The molecule has 0 aliphatic heterocycles. The van der Waals surface area contributed by atoms with E-state index < -0.39 is 0 Å². The van der Waals surface area contributed by atoms with Crippen LogP contribution in [0.25, 0.3) is 0 Å². The summed E-state index contributed by atoms with van der Waals surface area (Å²) in [5.74, 6) is -0.0693. The SMILES string of the molecule is CCOC(=O)CCCCCN(C)Cc1ccccc1. The van der Waals surface area contributed by atoms with E-state index in [2.05, 4.69) is 36.2 Å². The maximum absolute atomic E-state index is 11.1. The Labute approximate surface area is 116 Å². The Morgan fingerprint density at radius 1 is 1.16 bits per heavy atom. The molecule has 0 heterocycles. The first-order chi connectivity index (χ1) is 9.22. The number of carbonyl (C=O) groups is 1. The van der Waals surface area contributed by atoms with Crippen LogP contribution < -0.4 is 0 Å². The van der Waals surface area contributed by atoms with Crippen LogP contribution >= 0.6 is 0 Å². The number of nitrogens with zero attached hydrogens (tertiary/aromatic N) is 1. The fourth-order valence-electron chi connectivity index (χ4n) is 2.04. The van der Waals surface area contributed by atoms with Gasteiger partial charge < -0.3 is 9.64 Å². The van der Waals surface area contributed by atoms with Crippen molar-refractivity contribution in [3.8, 4) is 0 Å². The predicted molar refractivity (Wildman–Crippen MR) is 77.9 cm³/mol. The highest BCUT2D eigenvalue weighted by Gasteiger charge is 2.02. The monoisotopic (exact) mass is 263 g/mol. The molecule has 0 aliphatic rings. The molecule has 0 saturated carbocycles. The minimum absolute atomic E-state index is 0.0693. The molecule has 106 valence electrons. The molecule has 0 radical (unpaired) electrons. The molecular weight excluding hydrogens is 238 g/mol. The van der Waals surface area contributed by atoms with Crippen LogP contribution in [0.4, 0.5) is 0 Å². The Bertz CT molecular complexity index is 351. The highest BCUT2D eigenvalue weighted by Crippen LogP contribution is 2.06. The van der Waals surface area contributed by atoms with E-state index in [1.807, 2.05) is 13.0 Å². The van der Waals surface area contributed by atoms with Gasteiger partial charge >= 0.3 is 5.97 Å². The molecule has 0 fully saturated rings. The van der Waals surface area contributed by atoms with Crippen molar-refractivity contribution >= 4 is 5.97 Å². The van der Waals surface area contributed by atoms with Gasteiger partial charge in [-0.15, -0.1) is 0 Å². The second-order valence-electron chi connectivity index (χ2n) is 4.84. The van der Waals surface area contributed by atoms with Gasteiger partial charge in [0.1, 0.15) is 0 Å². The van der Waals surface area contributed by atoms with Gasteiger partial charge in [-0.1, -0.05) is 36.8 Å². The van der Waals surface area contributed by atoms with Crippen LogP contribution in [0.15, 0.2) is 30.3 Å². The summed E-state index contributed by atoms with van der Waals surface area (Å²) >= 11 is 0. The highest BCUT2D eigenvalue weighted by molar-refractivity contribution is 5.69. The zero-order valence-electron chi connectivity index (χ0n) is 12.1. The van der Waals surface area contributed by atoms with Crippen molar-refractivity contribution in [1.82, 2.24) is 4.90 Å². The molecule has 0 spiro atoms. The zero-order chi connectivity index (χ0) is 13.9. The Balaban J connectivity index is 2.04. The zero-order valence-corrected chi connectivity index (χ0v) is 12.1. The number of ether oxygens (including phenoxy) is 1. The summed E-state index contributed by atoms with van der Waals surface area (Å²) in [6, 6.07) is 10.5. The van der Waals surface area contributed by atoms with Crippen molar-refractivity contribution < 1.29 is 9.53 Å². The number of carbonyl (C=O) groups excluding carboxylic acids is 1. The third kappa shape index (κ3) is 7.62. The van der Waals surface area contributed by atoms with Gasteiger partial charge in [0.15, 0.2) is 0 Å².